The zero-order valence-electron chi connectivity index (χ0n) is 25.4. The molecule has 0 saturated carbocycles. The van der Waals surface area contributed by atoms with E-state index in [4.69, 9.17) is 27.9 Å². The normalized spacial score (nSPS) is 21.8. The molecule has 0 N–H and O–H groups in total. The average molecular weight is 633 g/mol. The maximum atomic E-state index is 12.1. The van der Waals surface area contributed by atoms with E-state index in [-0.39, 0.29) is 19.8 Å². The molecule has 1 aliphatic rings. The number of benzene rings is 4. The quantitative estimate of drug-likeness (QED) is 0.145. The SMILES string of the molecule is CS(=O)(=O)OC[C@H]1O[C@H](COCc2ccccc2)[C@@H](OCc2ccccc2)[C@H](OCc2ccccc2)[C@@H]1OCc1ccccc1. The van der Waals surface area contributed by atoms with Crippen molar-refractivity contribution in [3.05, 3.63) is 144 Å². The van der Waals surface area contributed by atoms with Gasteiger partial charge in [-0.2, -0.15) is 8.42 Å². The topological polar surface area (TPSA) is 89.5 Å². The van der Waals surface area contributed by atoms with Crippen molar-refractivity contribution in [2.24, 2.45) is 0 Å². The van der Waals surface area contributed by atoms with Gasteiger partial charge in [0.15, 0.2) is 0 Å². The predicted molar refractivity (Wildman–Crippen MR) is 171 cm³/mol. The average Bonchev–Trinajstić information content (AvgIpc) is 3.06. The van der Waals surface area contributed by atoms with Gasteiger partial charge >= 0.3 is 0 Å². The van der Waals surface area contributed by atoms with E-state index in [0.717, 1.165) is 28.5 Å². The lowest BCUT2D eigenvalue weighted by Gasteiger charge is -2.46. The summed E-state index contributed by atoms with van der Waals surface area (Å²) in [6, 6.07) is 39.3. The maximum Gasteiger partial charge on any atom is 0.264 e. The van der Waals surface area contributed by atoms with Gasteiger partial charge in [-0.25, -0.2) is 0 Å². The Morgan fingerprint density at radius 3 is 1.27 bits per heavy atom. The van der Waals surface area contributed by atoms with Crippen molar-refractivity contribution in [2.45, 2.75) is 56.9 Å². The molecule has 5 rings (SSSR count). The van der Waals surface area contributed by atoms with Crippen LogP contribution in [0.2, 0.25) is 0 Å². The molecule has 5 atom stereocenters. The maximum absolute atomic E-state index is 12.1. The first kappa shape index (κ1) is 33.0. The summed E-state index contributed by atoms with van der Waals surface area (Å²) in [6.07, 6.45) is -2.36. The van der Waals surface area contributed by atoms with E-state index in [1.165, 1.54) is 0 Å². The molecule has 8 nitrogen and oxygen atoms in total. The van der Waals surface area contributed by atoms with Crippen molar-refractivity contribution < 1.29 is 36.3 Å². The Bertz CT molecular complexity index is 1500. The van der Waals surface area contributed by atoms with Crippen LogP contribution in [0.5, 0.6) is 0 Å². The van der Waals surface area contributed by atoms with Gasteiger partial charge in [0, 0.05) is 0 Å². The third-order valence-electron chi connectivity index (χ3n) is 7.43. The molecule has 45 heavy (non-hydrogen) atoms. The van der Waals surface area contributed by atoms with Crippen LogP contribution in [0.4, 0.5) is 0 Å². The van der Waals surface area contributed by atoms with Gasteiger partial charge in [0.1, 0.15) is 30.5 Å². The van der Waals surface area contributed by atoms with E-state index >= 15 is 0 Å². The van der Waals surface area contributed by atoms with Crippen LogP contribution in [-0.2, 0) is 64.4 Å². The van der Waals surface area contributed by atoms with Crippen molar-refractivity contribution in [1.82, 2.24) is 0 Å². The second kappa shape index (κ2) is 16.8. The molecule has 0 unspecified atom stereocenters. The predicted octanol–water partition coefficient (Wildman–Crippen LogP) is 5.70. The van der Waals surface area contributed by atoms with E-state index in [1.54, 1.807) is 0 Å². The van der Waals surface area contributed by atoms with Crippen LogP contribution < -0.4 is 0 Å². The standard InChI is InChI=1S/C36H40O8S/c1-45(37,38)43-27-33-35(41-24-30-18-10-4-11-19-30)36(42-25-31-20-12-5-13-21-31)34(40-23-29-16-8-3-9-17-29)32(44-33)26-39-22-28-14-6-2-7-15-28/h2-21,32-36H,22-27H2,1H3/t32-,33-,34-,35-,36+/m1/s1. The lowest BCUT2D eigenvalue weighted by molar-refractivity contribution is -0.276. The molecular weight excluding hydrogens is 592 g/mol. The Morgan fingerprint density at radius 2 is 0.867 bits per heavy atom. The second-order valence-electron chi connectivity index (χ2n) is 11.0. The molecule has 9 heteroatoms. The van der Waals surface area contributed by atoms with E-state index in [1.807, 2.05) is 121 Å². The van der Waals surface area contributed by atoms with Gasteiger partial charge in [0.25, 0.3) is 10.1 Å². The van der Waals surface area contributed by atoms with Gasteiger partial charge in [0.2, 0.25) is 0 Å². The summed E-state index contributed by atoms with van der Waals surface area (Å²) >= 11 is 0. The van der Waals surface area contributed by atoms with Crippen LogP contribution >= 0.6 is 0 Å². The lowest BCUT2D eigenvalue weighted by Crippen LogP contribution is -2.62. The first-order valence-corrected chi connectivity index (χ1v) is 16.8. The third-order valence-corrected chi connectivity index (χ3v) is 7.99. The monoisotopic (exact) mass is 632 g/mol. The van der Waals surface area contributed by atoms with E-state index in [0.29, 0.717) is 19.8 Å². The summed E-state index contributed by atoms with van der Waals surface area (Å²) in [4.78, 5) is 0. The zero-order chi connectivity index (χ0) is 31.3. The Kier molecular flexibility index (Phi) is 12.3. The van der Waals surface area contributed by atoms with Gasteiger partial charge in [-0.1, -0.05) is 121 Å². The highest BCUT2D eigenvalue weighted by atomic mass is 32.2. The molecule has 0 radical (unpaired) electrons. The highest BCUT2D eigenvalue weighted by molar-refractivity contribution is 7.85. The summed E-state index contributed by atoms with van der Waals surface area (Å²) in [5.74, 6) is 0. The minimum atomic E-state index is -3.76. The smallest absolute Gasteiger partial charge is 0.264 e. The molecule has 4 aromatic rings. The van der Waals surface area contributed by atoms with Gasteiger partial charge in [-0.3, -0.25) is 4.18 Å². The van der Waals surface area contributed by atoms with Crippen molar-refractivity contribution in [3.63, 3.8) is 0 Å². The van der Waals surface area contributed by atoms with Gasteiger partial charge < -0.3 is 23.7 Å². The summed E-state index contributed by atoms with van der Waals surface area (Å²) in [7, 11) is -3.76. The molecule has 4 aromatic carbocycles. The second-order valence-corrected chi connectivity index (χ2v) is 12.6. The highest BCUT2D eigenvalue weighted by Gasteiger charge is 2.48. The van der Waals surface area contributed by atoms with E-state index in [9.17, 15) is 8.42 Å². The Hall–Kier alpha value is -3.41. The van der Waals surface area contributed by atoms with Crippen LogP contribution in [0.3, 0.4) is 0 Å². The molecular formula is C36H40O8S. The van der Waals surface area contributed by atoms with Crippen LogP contribution in [0.1, 0.15) is 22.3 Å². The van der Waals surface area contributed by atoms with Crippen LogP contribution in [0.15, 0.2) is 121 Å². The molecule has 1 aliphatic heterocycles. The van der Waals surface area contributed by atoms with Crippen molar-refractivity contribution in [1.29, 1.82) is 0 Å². The molecule has 1 saturated heterocycles. The Labute approximate surface area is 265 Å². The van der Waals surface area contributed by atoms with Gasteiger partial charge in [-0.05, 0) is 22.3 Å². The number of ether oxygens (including phenoxy) is 5. The third kappa shape index (κ3) is 10.6. The summed E-state index contributed by atoms with van der Waals surface area (Å²) in [6.45, 7) is 1.17. The minimum Gasteiger partial charge on any atom is -0.374 e. The zero-order valence-corrected chi connectivity index (χ0v) is 26.2. The van der Waals surface area contributed by atoms with Gasteiger partial charge in [-0.15, -0.1) is 0 Å². The van der Waals surface area contributed by atoms with Crippen LogP contribution in [0, 0.1) is 0 Å². The van der Waals surface area contributed by atoms with Crippen LogP contribution in [-0.4, -0.2) is 58.4 Å². The molecule has 0 amide bonds. The Morgan fingerprint density at radius 1 is 0.511 bits per heavy atom. The lowest BCUT2D eigenvalue weighted by atomic mass is 9.94. The summed E-state index contributed by atoms with van der Waals surface area (Å²) in [5.41, 5.74) is 3.95. The molecule has 0 aromatic heterocycles. The summed E-state index contributed by atoms with van der Waals surface area (Å²) in [5, 5.41) is 0. The van der Waals surface area contributed by atoms with Crippen molar-refractivity contribution >= 4 is 10.1 Å². The molecule has 1 heterocycles. The molecule has 0 bridgehead atoms. The summed E-state index contributed by atoms with van der Waals surface area (Å²) < 4.78 is 61.9. The van der Waals surface area contributed by atoms with E-state index in [2.05, 4.69) is 0 Å². The number of hydrogen-bond donors (Lipinski definition) is 0. The first-order chi connectivity index (χ1) is 21.9. The Balaban J connectivity index is 1.44. The molecule has 0 spiro atoms. The first-order valence-electron chi connectivity index (χ1n) is 15.0. The van der Waals surface area contributed by atoms with Crippen molar-refractivity contribution in [2.75, 3.05) is 19.5 Å². The van der Waals surface area contributed by atoms with Crippen LogP contribution in [0.25, 0.3) is 0 Å². The van der Waals surface area contributed by atoms with E-state index < -0.39 is 40.6 Å². The largest absolute Gasteiger partial charge is 0.374 e. The highest BCUT2D eigenvalue weighted by Crippen LogP contribution is 2.31. The fourth-order valence-corrected chi connectivity index (χ4v) is 5.59. The molecule has 238 valence electrons. The molecule has 1 fully saturated rings. The fraction of sp³-hybridized carbons (Fsp3) is 0.333. The van der Waals surface area contributed by atoms with Gasteiger partial charge in [0.05, 0.1) is 45.9 Å². The number of hydrogen-bond acceptors (Lipinski definition) is 8. The number of rotatable bonds is 16. The minimum absolute atomic E-state index is 0.181. The fourth-order valence-electron chi connectivity index (χ4n) is 5.21. The molecule has 0 aliphatic carbocycles. The van der Waals surface area contributed by atoms with Crippen molar-refractivity contribution in [3.8, 4) is 0 Å².